The Kier molecular flexibility index (Phi) is 4.24. The first kappa shape index (κ1) is 16.1. The predicted octanol–water partition coefficient (Wildman–Crippen LogP) is 4.97. The van der Waals surface area contributed by atoms with Gasteiger partial charge in [0.25, 0.3) is 0 Å². The van der Waals surface area contributed by atoms with E-state index in [1.807, 2.05) is 0 Å². The summed E-state index contributed by atoms with van der Waals surface area (Å²) in [5.41, 5.74) is -0.588. The summed E-state index contributed by atoms with van der Waals surface area (Å²) in [6.45, 7) is 1.53. The second-order valence-corrected chi connectivity index (χ2v) is 5.28. The fraction of sp³-hybridized carbons (Fsp3) is 0.167. The Bertz CT molecular complexity index is 702. The second-order valence-electron chi connectivity index (χ2n) is 4.11. The standard InChI is InChI=1S/C12H6Cl3F3N2O/c1-5-7(4-21)11(15)20(19-5)10-8(13)2-6(3-9(10)14)12(16,17)18/h2-4H,1H3. The summed E-state index contributed by atoms with van der Waals surface area (Å²) in [5, 5.41) is 3.33. The number of carbonyl (C=O) groups is 1. The minimum atomic E-state index is -4.58. The van der Waals surface area contributed by atoms with Gasteiger partial charge in [0.2, 0.25) is 0 Å². The first-order chi connectivity index (χ1) is 9.66. The number of benzene rings is 1. The van der Waals surface area contributed by atoms with Gasteiger partial charge in [0.05, 0.1) is 26.9 Å². The van der Waals surface area contributed by atoms with Crippen LogP contribution in [0.2, 0.25) is 15.2 Å². The van der Waals surface area contributed by atoms with Crippen molar-refractivity contribution in [2.24, 2.45) is 0 Å². The molecule has 2 rings (SSSR count). The Morgan fingerprint density at radius 2 is 1.71 bits per heavy atom. The summed E-state index contributed by atoms with van der Waals surface area (Å²) in [6, 6.07) is 1.44. The molecule has 1 heterocycles. The van der Waals surface area contributed by atoms with E-state index in [4.69, 9.17) is 34.8 Å². The van der Waals surface area contributed by atoms with Crippen LogP contribution in [0, 0.1) is 6.92 Å². The molecule has 21 heavy (non-hydrogen) atoms. The van der Waals surface area contributed by atoms with E-state index in [2.05, 4.69) is 5.10 Å². The number of halogens is 6. The quantitative estimate of drug-likeness (QED) is 0.711. The molecule has 0 aliphatic heterocycles. The number of rotatable bonds is 2. The van der Waals surface area contributed by atoms with Gasteiger partial charge in [-0.3, -0.25) is 4.79 Å². The van der Waals surface area contributed by atoms with E-state index in [1.54, 1.807) is 0 Å². The van der Waals surface area contributed by atoms with Crippen LogP contribution in [0.4, 0.5) is 13.2 Å². The van der Waals surface area contributed by atoms with Crippen LogP contribution in [0.3, 0.4) is 0 Å². The molecule has 0 radical (unpaired) electrons. The van der Waals surface area contributed by atoms with Crippen LogP contribution in [-0.2, 0) is 6.18 Å². The lowest BCUT2D eigenvalue weighted by atomic mass is 10.2. The first-order valence-corrected chi connectivity index (χ1v) is 6.57. The molecule has 9 heteroatoms. The molecule has 0 aliphatic carbocycles. The van der Waals surface area contributed by atoms with Crippen molar-refractivity contribution < 1.29 is 18.0 Å². The largest absolute Gasteiger partial charge is 0.416 e. The Labute approximate surface area is 132 Å². The van der Waals surface area contributed by atoms with E-state index >= 15 is 0 Å². The number of hydrogen-bond acceptors (Lipinski definition) is 2. The highest BCUT2D eigenvalue weighted by molar-refractivity contribution is 6.38. The Hall–Kier alpha value is -1.24. The molecule has 0 saturated heterocycles. The van der Waals surface area contributed by atoms with E-state index in [1.165, 1.54) is 6.92 Å². The second kappa shape index (κ2) is 5.51. The van der Waals surface area contributed by atoms with Crippen LogP contribution in [0.5, 0.6) is 0 Å². The molecule has 0 atom stereocenters. The van der Waals surface area contributed by atoms with Gasteiger partial charge in [0, 0.05) is 0 Å². The number of alkyl halides is 3. The fourth-order valence-electron chi connectivity index (χ4n) is 1.72. The summed E-state index contributed by atoms with van der Waals surface area (Å²) in [4.78, 5) is 10.9. The highest BCUT2D eigenvalue weighted by Gasteiger charge is 2.32. The monoisotopic (exact) mass is 356 g/mol. The van der Waals surface area contributed by atoms with E-state index < -0.39 is 11.7 Å². The maximum Gasteiger partial charge on any atom is 0.416 e. The van der Waals surface area contributed by atoms with Crippen molar-refractivity contribution >= 4 is 41.1 Å². The molecule has 112 valence electrons. The van der Waals surface area contributed by atoms with Gasteiger partial charge in [0.1, 0.15) is 10.8 Å². The number of aryl methyl sites for hydroxylation is 1. The van der Waals surface area contributed by atoms with Crippen molar-refractivity contribution in [2.45, 2.75) is 13.1 Å². The lowest BCUT2D eigenvalue weighted by molar-refractivity contribution is -0.137. The summed E-state index contributed by atoms with van der Waals surface area (Å²) in [5.74, 6) is 0. The van der Waals surface area contributed by atoms with Gasteiger partial charge in [-0.2, -0.15) is 18.3 Å². The third-order valence-electron chi connectivity index (χ3n) is 2.72. The van der Waals surface area contributed by atoms with Crippen molar-refractivity contribution in [1.82, 2.24) is 9.78 Å². The molecule has 2 aromatic rings. The van der Waals surface area contributed by atoms with Crippen molar-refractivity contribution in [3.05, 3.63) is 44.2 Å². The lowest BCUT2D eigenvalue weighted by Crippen LogP contribution is -2.07. The van der Waals surface area contributed by atoms with Crippen LogP contribution in [0.15, 0.2) is 12.1 Å². The smallest absolute Gasteiger partial charge is 0.298 e. The zero-order valence-electron chi connectivity index (χ0n) is 10.3. The first-order valence-electron chi connectivity index (χ1n) is 5.43. The van der Waals surface area contributed by atoms with E-state index in [9.17, 15) is 18.0 Å². The summed E-state index contributed by atoms with van der Waals surface area (Å²) >= 11 is 17.7. The molecule has 0 unspecified atom stereocenters. The topological polar surface area (TPSA) is 34.9 Å². The van der Waals surface area contributed by atoms with Gasteiger partial charge in [-0.05, 0) is 19.1 Å². The molecule has 0 spiro atoms. The van der Waals surface area contributed by atoms with E-state index in [-0.39, 0.29) is 26.4 Å². The van der Waals surface area contributed by atoms with Gasteiger partial charge in [-0.1, -0.05) is 34.8 Å². The van der Waals surface area contributed by atoms with Gasteiger partial charge in [-0.15, -0.1) is 0 Å². The zero-order valence-corrected chi connectivity index (χ0v) is 12.6. The van der Waals surface area contributed by atoms with E-state index in [0.29, 0.717) is 12.0 Å². The number of aldehydes is 1. The van der Waals surface area contributed by atoms with Crippen molar-refractivity contribution in [2.75, 3.05) is 0 Å². The van der Waals surface area contributed by atoms with Gasteiger partial charge >= 0.3 is 6.18 Å². The van der Waals surface area contributed by atoms with E-state index in [0.717, 1.165) is 16.8 Å². The molecule has 0 aliphatic rings. The fourth-order valence-corrected chi connectivity index (χ4v) is 2.68. The Morgan fingerprint density at radius 3 is 2.10 bits per heavy atom. The zero-order chi connectivity index (χ0) is 15.9. The average Bonchev–Trinajstić information content (AvgIpc) is 2.62. The van der Waals surface area contributed by atoms with Crippen LogP contribution >= 0.6 is 34.8 Å². The molecule has 0 N–H and O–H groups in total. The minimum absolute atomic E-state index is 0.0208. The van der Waals surface area contributed by atoms with Crippen molar-refractivity contribution in [3.8, 4) is 5.69 Å². The molecule has 0 bridgehead atoms. The number of aromatic nitrogens is 2. The summed E-state index contributed by atoms with van der Waals surface area (Å²) < 4.78 is 39.0. The molecule has 3 nitrogen and oxygen atoms in total. The summed E-state index contributed by atoms with van der Waals surface area (Å²) in [6.07, 6.45) is -4.09. The third kappa shape index (κ3) is 2.88. The SMILES string of the molecule is Cc1nn(-c2c(Cl)cc(C(F)(F)F)cc2Cl)c(Cl)c1C=O. The van der Waals surface area contributed by atoms with Gasteiger partial charge in [-0.25, -0.2) is 4.68 Å². The van der Waals surface area contributed by atoms with Crippen LogP contribution in [0.25, 0.3) is 5.69 Å². The van der Waals surface area contributed by atoms with Crippen molar-refractivity contribution in [1.29, 1.82) is 0 Å². The average molecular weight is 358 g/mol. The third-order valence-corrected chi connectivity index (χ3v) is 3.66. The molecular weight excluding hydrogens is 351 g/mol. The highest BCUT2D eigenvalue weighted by Crippen LogP contribution is 2.38. The molecule has 1 aromatic carbocycles. The maximum atomic E-state index is 12.7. The highest BCUT2D eigenvalue weighted by atomic mass is 35.5. The van der Waals surface area contributed by atoms with Gasteiger partial charge in [0.15, 0.2) is 6.29 Å². The predicted molar refractivity (Wildman–Crippen MR) is 73.7 cm³/mol. The molecule has 0 fully saturated rings. The summed E-state index contributed by atoms with van der Waals surface area (Å²) in [7, 11) is 0. The van der Waals surface area contributed by atoms with Crippen LogP contribution in [0.1, 0.15) is 21.6 Å². The Morgan fingerprint density at radius 1 is 1.19 bits per heavy atom. The maximum absolute atomic E-state index is 12.7. The Balaban J connectivity index is 2.69. The van der Waals surface area contributed by atoms with Crippen molar-refractivity contribution in [3.63, 3.8) is 0 Å². The van der Waals surface area contributed by atoms with Crippen LogP contribution < -0.4 is 0 Å². The number of nitrogens with zero attached hydrogens (tertiary/aromatic N) is 2. The van der Waals surface area contributed by atoms with Crippen LogP contribution in [-0.4, -0.2) is 16.1 Å². The number of carbonyl (C=O) groups excluding carboxylic acids is 1. The molecule has 0 amide bonds. The molecule has 0 saturated carbocycles. The molecular formula is C12H6Cl3F3N2O. The normalized spacial score (nSPS) is 11.8. The lowest BCUT2D eigenvalue weighted by Gasteiger charge is -2.12. The molecule has 1 aromatic heterocycles. The van der Waals surface area contributed by atoms with Gasteiger partial charge < -0.3 is 0 Å². The minimum Gasteiger partial charge on any atom is -0.298 e. The number of hydrogen-bond donors (Lipinski definition) is 0.